The number of aromatic nitrogens is 1. The molecule has 0 spiro atoms. The maximum absolute atomic E-state index is 4.63. The third-order valence-electron chi connectivity index (χ3n) is 3.68. The van der Waals surface area contributed by atoms with Crippen molar-refractivity contribution in [3.63, 3.8) is 0 Å². The van der Waals surface area contributed by atoms with Crippen LogP contribution in [0.25, 0.3) is 0 Å². The lowest BCUT2D eigenvalue weighted by Gasteiger charge is -2.29. The first-order chi connectivity index (χ1) is 9.74. The molecule has 0 unspecified atom stereocenters. The molecule has 0 fully saturated rings. The van der Waals surface area contributed by atoms with E-state index >= 15 is 0 Å². The van der Waals surface area contributed by atoms with E-state index in [1.807, 2.05) is 23.6 Å². The summed E-state index contributed by atoms with van der Waals surface area (Å²) in [5, 5.41) is 5.69. The van der Waals surface area contributed by atoms with Gasteiger partial charge in [0.05, 0.1) is 0 Å². The van der Waals surface area contributed by atoms with Crippen LogP contribution in [-0.4, -0.2) is 17.6 Å². The van der Waals surface area contributed by atoms with E-state index in [9.17, 15) is 0 Å². The van der Waals surface area contributed by atoms with Crippen LogP contribution in [0, 0.1) is 0 Å². The number of fused-ring (bicyclic) bond motifs is 1. The van der Waals surface area contributed by atoms with Gasteiger partial charge in [-0.3, -0.25) is 0 Å². The fourth-order valence-electron chi connectivity index (χ4n) is 2.60. The minimum atomic E-state index is 0.493. The molecule has 0 radical (unpaired) electrons. The molecule has 0 aliphatic carbocycles. The molecule has 0 saturated carbocycles. The van der Waals surface area contributed by atoms with Gasteiger partial charge in [-0.15, -0.1) is 11.3 Å². The van der Waals surface area contributed by atoms with E-state index in [1.165, 1.54) is 11.1 Å². The molecular weight excluding hydrogens is 266 g/mol. The van der Waals surface area contributed by atoms with E-state index in [-0.39, 0.29) is 0 Å². The highest BCUT2D eigenvalue weighted by Gasteiger charge is 2.20. The Labute approximate surface area is 124 Å². The maximum atomic E-state index is 4.63. The van der Waals surface area contributed by atoms with Crippen molar-refractivity contribution >= 4 is 17.2 Å². The monoisotopic (exact) mass is 287 g/mol. The summed E-state index contributed by atoms with van der Waals surface area (Å²) in [6.07, 6.45) is 3.04. The number of nitrogens with one attached hydrogen (secondary N) is 1. The molecule has 106 valence electrons. The van der Waals surface area contributed by atoms with Crippen LogP contribution in [0.15, 0.2) is 29.8 Å². The van der Waals surface area contributed by atoms with Crippen molar-refractivity contribution in [1.29, 1.82) is 0 Å². The molecule has 4 heteroatoms. The number of nitrogens with zero attached hydrogens (tertiary/aromatic N) is 2. The molecule has 2 aromatic heterocycles. The topological polar surface area (TPSA) is 28.2 Å². The van der Waals surface area contributed by atoms with Crippen LogP contribution < -0.4 is 10.2 Å². The summed E-state index contributed by atoms with van der Waals surface area (Å²) in [7, 11) is 0. The van der Waals surface area contributed by atoms with Gasteiger partial charge in [-0.2, -0.15) is 0 Å². The Bertz CT molecular complexity index is 577. The predicted octanol–water partition coefficient (Wildman–Crippen LogP) is 3.20. The van der Waals surface area contributed by atoms with Gasteiger partial charge in [-0.1, -0.05) is 19.9 Å². The molecule has 1 aliphatic rings. The van der Waals surface area contributed by atoms with Crippen LogP contribution >= 0.6 is 11.3 Å². The van der Waals surface area contributed by atoms with Gasteiger partial charge in [0, 0.05) is 42.3 Å². The van der Waals surface area contributed by atoms with Gasteiger partial charge < -0.3 is 10.2 Å². The van der Waals surface area contributed by atoms with Crippen LogP contribution in [0.1, 0.15) is 29.9 Å². The zero-order valence-corrected chi connectivity index (χ0v) is 12.9. The number of rotatable bonds is 4. The van der Waals surface area contributed by atoms with Crippen LogP contribution in [0.2, 0.25) is 0 Å². The first-order valence-corrected chi connectivity index (χ1v) is 8.09. The van der Waals surface area contributed by atoms with Gasteiger partial charge in [0.1, 0.15) is 5.82 Å². The zero-order chi connectivity index (χ0) is 13.9. The summed E-state index contributed by atoms with van der Waals surface area (Å²) in [6.45, 7) is 7.29. The number of pyridine rings is 1. The standard InChI is InChI=1S/C16H21N3S/c1-12(2)18-10-13-4-3-7-17-16(13)19-8-5-15-14(11-19)6-9-20-15/h3-4,6-7,9,12,18H,5,8,10-11H2,1-2H3. The quantitative estimate of drug-likeness (QED) is 0.936. The van der Waals surface area contributed by atoms with Crippen molar-refractivity contribution in [1.82, 2.24) is 10.3 Å². The minimum absolute atomic E-state index is 0.493. The number of hydrogen-bond acceptors (Lipinski definition) is 4. The molecule has 0 bridgehead atoms. The third-order valence-corrected chi connectivity index (χ3v) is 4.70. The second kappa shape index (κ2) is 5.94. The third kappa shape index (κ3) is 2.86. The fourth-order valence-corrected chi connectivity index (χ4v) is 3.49. The van der Waals surface area contributed by atoms with Crippen molar-refractivity contribution in [3.05, 3.63) is 45.8 Å². The molecule has 3 nitrogen and oxygen atoms in total. The minimum Gasteiger partial charge on any atom is -0.352 e. The lowest BCUT2D eigenvalue weighted by molar-refractivity contribution is 0.585. The number of anilines is 1. The fraction of sp³-hybridized carbons (Fsp3) is 0.438. The average Bonchev–Trinajstić information content (AvgIpc) is 2.92. The van der Waals surface area contributed by atoms with E-state index in [4.69, 9.17) is 0 Å². The first-order valence-electron chi connectivity index (χ1n) is 7.21. The normalized spacial score (nSPS) is 14.7. The van der Waals surface area contributed by atoms with Gasteiger partial charge in [0.25, 0.3) is 0 Å². The van der Waals surface area contributed by atoms with Gasteiger partial charge in [-0.25, -0.2) is 4.98 Å². The van der Waals surface area contributed by atoms with E-state index in [0.29, 0.717) is 6.04 Å². The lowest BCUT2D eigenvalue weighted by Crippen LogP contribution is -2.32. The van der Waals surface area contributed by atoms with Gasteiger partial charge >= 0.3 is 0 Å². The van der Waals surface area contributed by atoms with E-state index in [2.05, 4.69) is 46.6 Å². The van der Waals surface area contributed by atoms with E-state index in [1.54, 1.807) is 4.88 Å². The second-order valence-corrected chi connectivity index (χ2v) is 6.56. The summed E-state index contributed by atoms with van der Waals surface area (Å²) >= 11 is 1.88. The van der Waals surface area contributed by atoms with E-state index in [0.717, 1.165) is 31.9 Å². The Morgan fingerprint density at radius 2 is 2.30 bits per heavy atom. The largest absolute Gasteiger partial charge is 0.352 e. The molecule has 1 N–H and O–H groups in total. The smallest absolute Gasteiger partial charge is 0.133 e. The Hall–Kier alpha value is -1.39. The number of thiophene rings is 1. The van der Waals surface area contributed by atoms with Gasteiger partial charge in [-0.05, 0) is 29.5 Å². The van der Waals surface area contributed by atoms with Crippen LogP contribution in [-0.2, 0) is 19.5 Å². The summed E-state index contributed by atoms with van der Waals surface area (Å²) in [5.41, 5.74) is 2.76. The molecular formula is C16H21N3S. The highest BCUT2D eigenvalue weighted by atomic mass is 32.1. The van der Waals surface area contributed by atoms with Crippen molar-refractivity contribution in [2.24, 2.45) is 0 Å². The molecule has 3 heterocycles. The highest BCUT2D eigenvalue weighted by molar-refractivity contribution is 7.10. The number of hydrogen-bond donors (Lipinski definition) is 1. The van der Waals surface area contributed by atoms with Crippen LogP contribution in [0.5, 0.6) is 0 Å². The molecule has 1 aliphatic heterocycles. The predicted molar refractivity (Wildman–Crippen MR) is 85.3 cm³/mol. The molecule has 0 aromatic carbocycles. The van der Waals surface area contributed by atoms with E-state index < -0.39 is 0 Å². The summed E-state index contributed by atoms with van der Waals surface area (Å²) in [4.78, 5) is 8.58. The Morgan fingerprint density at radius 1 is 1.40 bits per heavy atom. The van der Waals surface area contributed by atoms with Gasteiger partial charge in [0.2, 0.25) is 0 Å². The second-order valence-electron chi connectivity index (χ2n) is 5.56. The Morgan fingerprint density at radius 3 is 3.15 bits per heavy atom. The van der Waals surface area contributed by atoms with Crippen molar-refractivity contribution in [2.45, 2.75) is 39.4 Å². The molecule has 3 rings (SSSR count). The van der Waals surface area contributed by atoms with Crippen LogP contribution in [0.4, 0.5) is 5.82 Å². The lowest BCUT2D eigenvalue weighted by atomic mass is 10.1. The zero-order valence-electron chi connectivity index (χ0n) is 12.1. The summed E-state index contributed by atoms with van der Waals surface area (Å²) in [6, 6.07) is 6.95. The van der Waals surface area contributed by atoms with Gasteiger partial charge in [0.15, 0.2) is 0 Å². The molecule has 0 saturated heterocycles. The molecule has 0 amide bonds. The Kier molecular flexibility index (Phi) is 4.03. The molecule has 20 heavy (non-hydrogen) atoms. The van der Waals surface area contributed by atoms with Crippen LogP contribution in [0.3, 0.4) is 0 Å². The Balaban J connectivity index is 1.80. The van der Waals surface area contributed by atoms with Crippen molar-refractivity contribution < 1.29 is 0 Å². The molecule has 2 aromatic rings. The SMILES string of the molecule is CC(C)NCc1cccnc1N1CCc2sccc2C1. The summed E-state index contributed by atoms with van der Waals surface area (Å²) in [5.74, 6) is 1.14. The van der Waals surface area contributed by atoms with Crippen molar-refractivity contribution in [3.8, 4) is 0 Å². The summed E-state index contributed by atoms with van der Waals surface area (Å²) < 4.78 is 0. The van der Waals surface area contributed by atoms with Crippen molar-refractivity contribution in [2.75, 3.05) is 11.4 Å². The maximum Gasteiger partial charge on any atom is 0.133 e. The molecule has 0 atom stereocenters. The first kappa shape index (κ1) is 13.6. The highest BCUT2D eigenvalue weighted by Crippen LogP contribution is 2.28. The average molecular weight is 287 g/mol.